The first kappa shape index (κ1) is 13.8. The second kappa shape index (κ2) is 7.17. The smallest absolute Gasteiger partial charge is 0.213 e. The first-order valence-electron chi connectivity index (χ1n) is 4.75. The molecule has 0 aromatic heterocycles. The first-order valence-corrected chi connectivity index (χ1v) is 6.36. The highest BCUT2D eigenvalue weighted by atomic mass is 32.2. The normalized spacial score (nSPS) is 12.3. The Balaban J connectivity index is 4.23. The molecule has 86 valence electrons. The van der Waals surface area contributed by atoms with E-state index in [1.54, 1.807) is 14.0 Å². The molecule has 0 amide bonds. The fourth-order valence-corrected chi connectivity index (χ4v) is 2.16. The zero-order chi connectivity index (χ0) is 11.0. The number of methoxy groups -OCH3 is 1. The standard InChI is InChI=1S/C8H20N2O3S/c1-3-14(11,12)10(6-4-5-9)7-8-13-2/h3-9H2,1-2H3. The monoisotopic (exact) mass is 224 g/mol. The van der Waals surface area contributed by atoms with Gasteiger partial charge in [0, 0.05) is 20.2 Å². The Morgan fingerprint density at radius 3 is 2.43 bits per heavy atom. The van der Waals surface area contributed by atoms with Crippen molar-refractivity contribution in [3.8, 4) is 0 Å². The van der Waals surface area contributed by atoms with Gasteiger partial charge in [0.25, 0.3) is 0 Å². The van der Waals surface area contributed by atoms with Crippen LogP contribution in [-0.2, 0) is 14.8 Å². The van der Waals surface area contributed by atoms with Gasteiger partial charge < -0.3 is 10.5 Å². The SMILES string of the molecule is CCS(=O)(=O)N(CCCN)CCOC. The second-order valence-electron chi connectivity index (χ2n) is 2.93. The summed E-state index contributed by atoms with van der Waals surface area (Å²) in [6.07, 6.45) is 0.683. The predicted molar refractivity (Wildman–Crippen MR) is 56.6 cm³/mol. The molecule has 0 bridgehead atoms. The second-order valence-corrected chi connectivity index (χ2v) is 5.19. The summed E-state index contributed by atoms with van der Waals surface area (Å²) in [5.41, 5.74) is 5.34. The Kier molecular flexibility index (Phi) is 7.08. The van der Waals surface area contributed by atoms with E-state index in [2.05, 4.69) is 0 Å². The lowest BCUT2D eigenvalue weighted by Gasteiger charge is -2.20. The molecule has 0 aliphatic rings. The van der Waals surface area contributed by atoms with Gasteiger partial charge in [-0.25, -0.2) is 8.42 Å². The van der Waals surface area contributed by atoms with Crippen LogP contribution in [0.25, 0.3) is 0 Å². The number of hydrogen-bond acceptors (Lipinski definition) is 4. The third kappa shape index (κ3) is 4.90. The lowest BCUT2D eigenvalue weighted by Crippen LogP contribution is -2.36. The Hall–Kier alpha value is -0.170. The molecule has 0 saturated heterocycles. The fourth-order valence-electron chi connectivity index (χ4n) is 1.03. The van der Waals surface area contributed by atoms with E-state index in [0.29, 0.717) is 32.7 Å². The van der Waals surface area contributed by atoms with Crippen LogP contribution >= 0.6 is 0 Å². The highest BCUT2D eigenvalue weighted by Gasteiger charge is 2.18. The van der Waals surface area contributed by atoms with Crippen molar-refractivity contribution in [2.75, 3.05) is 39.1 Å². The van der Waals surface area contributed by atoms with E-state index in [4.69, 9.17) is 10.5 Å². The quantitative estimate of drug-likeness (QED) is 0.611. The Labute approximate surface area is 86.3 Å². The highest BCUT2D eigenvalue weighted by molar-refractivity contribution is 7.89. The molecule has 0 heterocycles. The molecule has 0 saturated carbocycles. The van der Waals surface area contributed by atoms with Crippen molar-refractivity contribution in [1.82, 2.24) is 4.31 Å². The minimum atomic E-state index is -3.11. The average Bonchev–Trinajstić information content (AvgIpc) is 2.17. The molecule has 6 heteroatoms. The van der Waals surface area contributed by atoms with E-state index in [1.165, 1.54) is 4.31 Å². The summed E-state index contributed by atoms with van der Waals surface area (Å²) in [6.45, 7) is 3.45. The van der Waals surface area contributed by atoms with Crippen LogP contribution in [0.5, 0.6) is 0 Å². The van der Waals surface area contributed by atoms with Gasteiger partial charge in [0.1, 0.15) is 0 Å². The largest absolute Gasteiger partial charge is 0.383 e. The molecule has 5 nitrogen and oxygen atoms in total. The van der Waals surface area contributed by atoms with Gasteiger partial charge >= 0.3 is 0 Å². The maximum Gasteiger partial charge on any atom is 0.213 e. The minimum absolute atomic E-state index is 0.126. The Morgan fingerprint density at radius 1 is 1.36 bits per heavy atom. The number of rotatable bonds is 8. The number of ether oxygens (including phenoxy) is 1. The Morgan fingerprint density at radius 2 is 2.00 bits per heavy atom. The van der Waals surface area contributed by atoms with Crippen molar-refractivity contribution in [1.29, 1.82) is 0 Å². The number of nitrogens with zero attached hydrogens (tertiary/aromatic N) is 1. The molecular weight excluding hydrogens is 204 g/mol. The van der Waals surface area contributed by atoms with Crippen LogP contribution in [-0.4, -0.2) is 51.8 Å². The molecule has 2 N–H and O–H groups in total. The van der Waals surface area contributed by atoms with Gasteiger partial charge in [-0.05, 0) is 19.9 Å². The minimum Gasteiger partial charge on any atom is -0.383 e. The van der Waals surface area contributed by atoms with E-state index >= 15 is 0 Å². The topological polar surface area (TPSA) is 72.6 Å². The molecule has 0 aliphatic heterocycles. The molecule has 0 atom stereocenters. The van der Waals surface area contributed by atoms with E-state index in [1.807, 2.05) is 0 Å². The summed E-state index contributed by atoms with van der Waals surface area (Å²) < 4.78 is 29.4. The molecule has 0 fully saturated rings. The zero-order valence-corrected chi connectivity index (χ0v) is 9.72. The van der Waals surface area contributed by atoms with Crippen LogP contribution in [0, 0.1) is 0 Å². The molecule has 0 spiro atoms. The molecule has 0 rings (SSSR count). The number of nitrogens with two attached hydrogens (primary N) is 1. The number of sulfonamides is 1. The third-order valence-corrected chi connectivity index (χ3v) is 3.80. The van der Waals surface area contributed by atoms with E-state index in [9.17, 15) is 8.42 Å². The van der Waals surface area contributed by atoms with Crippen molar-refractivity contribution in [3.63, 3.8) is 0 Å². The summed E-state index contributed by atoms with van der Waals surface area (Å²) in [5, 5.41) is 0. The third-order valence-electron chi connectivity index (χ3n) is 1.91. The lowest BCUT2D eigenvalue weighted by molar-refractivity contribution is 0.179. The van der Waals surface area contributed by atoms with Gasteiger partial charge in [-0.15, -0.1) is 0 Å². The van der Waals surface area contributed by atoms with Crippen LogP contribution in [0.4, 0.5) is 0 Å². The summed E-state index contributed by atoms with van der Waals surface area (Å²) in [7, 11) is -1.55. The van der Waals surface area contributed by atoms with Gasteiger partial charge in [-0.3, -0.25) is 0 Å². The first-order chi connectivity index (χ1) is 6.58. The molecule has 0 unspecified atom stereocenters. The van der Waals surface area contributed by atoms with Crippen LogP contribution in [0.15, 0.2) is 0 Å². The molecule has 0 radical (unpaired) electrons. The van der Waals surface area contributed by atoms with Crippen molar-refractivity contribution in [2.24, 2.45) is 5.73 Å². The maximum atomic E-state index is 11.5. The summed E-state index contributed by atoms with van der Waals surface area (Å²) >= 11 is 0. The van der Waals surface area contributed by atoms with Crippen LogP contribution in [0.3, 0.4) is 0 Å². The van der Waals surface area contributed by atoms with E-state index in [0.717, 1.165) is 0 Å². The van der Waals surface area contributed by atoms with Gasteiger partial charge in [-0.2, -0.15) is 4.31 Å². The highest BCUT2D eigenvalue weighted by Crippen LogP contribution is 2.02. The predicted octanol–water partition coefficient (Wildman–Crippen LogP) is -0.367. The summed E-state index contributed by atoms with van der Waals surface area (Å²) in [4.78, 5) is 0. The maximum absolute atomic E-state index is 11.5. The molecule has 14 heavy (non-hydrogen) atoms. The molecular formula is C8H20N2O3S. The fraction of sp³-hybridized carbons (Fsp3) is 1.00. The lowest BCUT2D eigenvalue weighted by atomic mass is 10.4. The van der Waals surface area contributed by atoms with Gasteiger partial charge in [-0.1, -0.05) is 0 Å². The van der Waals surface area contributed by atoms with Crippen LogP contribution in [0.2, 0.25) is 0 Å². The van der Waals surface area contributed by atoms with Crippen LogP contribution in [0.1, 0.15) is 13.3 Å². The Bertz CT molecular complexity index is 221. The van der Waals surface area contributed by atoms with E-state index in [-0.39, 0.29) is 5.75 Å². The van der Waals surface area contributed by atoms with Crippen molar-refractivity contribution in [3.05, 3.63) is 0 Å². The average molecular weight is 224 g/mol. The van der Waals surface area contributed by atoms with Gasteiger partial charge in [0.15, 0.2) is 0 Å². The summed E-state index contributed by atoms with van der Waals surface area (Å²) in [5.74, 6) is 0.126. The molecule has 0 aliphatic carbocycles. The van der Waals surface area contributed by atoms with Gasteiger partial charge in [0.2, 0.25) is 10.0 Å². The van der Waals surface area contributed by atoms with Crippen molar-refractivity contribution < 1.29 is 13.2 Å². The van der Waals surface area contributed by atoms with E-state index < -0.39 is 10.0 Å². The number of hydrogen-bond donors (Lipinski definition) is 1. The molecule has 0 aromatic carbocycles. The van der Waals surface area contributed by atoms with Crippen LogP contribution < -0.4 is 5.73 Å². The van der Waals surface area contributed by atoms with Crippen molar-refractivity contribution >= 4 is 10.0 Å². The van der Waals surface area contributed by atoms with Crippen molar-refractivity contribution in [2.45, 2.75) is 13.3 Å². The molecule has 0 aromatic rings. The zero-order valence-electron chi connectivity index (χ0n) is 8.90. The summed E-state index contributed by atoms with van der Waals surface area (Å²) in [6, 6.07) is 0. The van der Waals surface area contributed by atoms with Gasteiger partial charge in [0.05, 0.1) is 12.4 Å².